The molecule has 2 aromatic rings. The molecule has 0 saturated carbocycles. The third kappa shape index (κ3) is 3.03. The number of rotatable bonds is 4. The smallest absolute Gasteiger partial charge is 0.118 e. The summed E-state index contributed by atoms with van der Waals surface area (Å²) in [5.41, 5.74) is 2.41. The summed E-state index contributed by atoms with van der Waals surface area (Å²) in [7, 11) is 5.91. The molecule has 0 aliphatic carbocycles. The Hall–Kier alpha value is -1.78. The fraction of sp³-hybridized carbons (Fsp3) is 0.278. The molecular formula is C18H20N2OS. The van der Waals surface area contributed by atoms with Gasteiger partial charge in [-0.3, -0.25) is 9.89 Å². The number of likely N-dealkylation sites (N-methyl/N-ethyl adjacent to an activating group) is 1. The lowest BCUT2D eigenvalue weighted by Gasteiger charge is -2.24. The zero-order chi connectivity index (χ0) is 15.5. The summed E-state index contributed by atoms with van der Waals surface area (Å²) < 4.78 is 5.23. The second-order valence-corrected chi connectivity index (χ2v) is 6.60. The maximum atomic E-state index is 5.23. The van der Waals surface area contributed by atoms with Crippen molar-refractivity contribution >= 4 is 16.8 Å². The maximum Gasteiger partial charge on any atom is 0.118 e. The van der Waals surface area contributed by atoms with Crippen LogP contribution in [0.2, 0.25) is 0 Å². The van der Waals surface area contributed by atoms with Crippen LogP contribution in [0.15, 0.2) is 59.6 Å². The van der Waals surface area contributed by atoms with E-state index in [1.165, 1.54) is 5.56 Å². The maximum absolute atomic E-state index is 5.23. The van der Waals surface area contributed by atoms with E-state index in [1.54, 1.807) is 7.11 Å². The molecule has 22 heavy (non-hydrogen) atoms. The van der Waals surface area contributed by atoms with E-state index < -0.39 is 0 Å². The molecule has 114 valence electrons. The molecule has 2 atom stereocenters. The summed E-state index contributed by atoms with van der Waals surface area (Å²) in [6, 6.07) is 18.8. The second-order valence-electron chi connectivity index (χ2n) is 5.49. The van der Waals surface area contributed by atoms with Crippen molar-refractivity contribution in [3.63, 3.8) is 0 Å². The number of hydrogen-bond donors (Lipinski definition) is 0. The molecule has 0 aromatic heterocycles. The lowest BCUT2D eigenvalue weighted by atomic mass is 10.1. The molecule has 2 aromatic carbocycles. The van der Waals surface area contributed by atoms with Crippen molar-refractivity contribution < 1.29 is 4.74 Å². The Morgan fingerprint density at radius 3 is 2.27 bits per heavy atom. The lowest BCUT2D eigenvalue weighted by molar-refractivity contribution is 0.349. The third-order valence-corrected chi connectivity index (χ3v) is 5.23. The Balaban J connectivity index is 1.92. The molecule has 1 aliphatic rings. The Bertz CT molecular complexity index is 653. The zero-order valence-corrected chi connectivity index (χ0v) is 13.9. The Morgan fingerprint density at radius 1 is 1.00 bits per heavy atom. The number of aliphatic imine (C=N–C) groups is 1. The van der Waals surface area contributed by atoms with Gasteiger partial charge in [0.15, 0.2) is 0 Å². The van der Waals surface area contributed by atoms with Crippen molar-refractivity contribution in [1.82, 2.24) is 4.90 Å². The third-order valence-electron chi connectivity index (χ3n) is 3.75. The van der Waals surface area contributed by atoms with Crippen LogP contribution in [-0.2, 0) is 0 Å². The van der Waals surface area contributed by atoms with Crippen LogP contribution in [0.1, 0.15) is 17.2 Å². The predicted octanol–water partition coefficient (Wildman–Crippen LogP) is 3.82. The Labute approximate surface area is 136 Å². The van der Waals surface area contributed by atoms with Gasteiger partial charge in [0.25, 0.3) is 0 Å². The first kappa shape index (κ1) is 15.1. The Kier molecular flexibility index (Phi) is 4.50. The molecule has 0 fully saturated rings. The minimum atomic E-state index is 0.165. The van der Waals surface area contributed by atoms with Gasteiger partial charge >= 0.3 is 0 Å². The van der Waals surface area contributed by atoms with E-state index in [1.807, 2.05) is 30.0 Å². The molecule has 0 saturated heterocycles. The van der Waals surface area contributed by atoms with Crippen LogP contribution in [0.4, 0.5) is 0 Å². The molecule has 1 heterocycles. The molecule has 0 unspecified atom stereocenters. The highest BCUT2D eigenvalue weighted by Gasteiger charge is 2.33. The van der Waals surface area contributed by atoms with E-state index in [0.717, 1.165) is 16.4 Å². The molecule has 0 bridgehead atoms. The highest BCUT2D eigenvalue weighted by Crippen LogP contribution is 2.40. The van der Waals surface area contributed by atoms with E-state index in [0.29, 0.717) is 5.37 Å². The van der Waals surface area contributed by atoms with Crippen LogP contribution in [-0.4, -0.2) is 36.5 Å². The lowest BCUT2D eigenvalue weighted by Crippen LogP contribution is -2.28. The molecule has 3 nitrogen and oxygen atoms in total. The predicted molar refractivity (Wildman–Crippen MR) is 93.8 cm³/mol. The van der Waals surface area contributed by atoms with Gasteiger partial charge in [0.05, 0.1) is 12.5 Å². The van der Waals surface area contributed by atoms with Gasteiger partial charge in [0.2, 0.25) is 0 Å². The monoisotopic (exact) mass is 312 g/mol. The summed E-state index contributed by atoms with van der Waals surface area (Å²) in [5.74, 6) is 0.871. The van der Waals surface area contributed by atoms with Gasteiger partial charge in [-0.25, -0.2) is 0 Å². The molecular weight excluding hydrogens is 292 g/mol. The first-order valence-electron chi connectivity index (χ1n) is 7.29. The van der Waals surface area contributed by atoms with Crippen molar-refractivity contribution in [2.75, 3.05) is 21.2 Å². The van der Waals surface area contributed by atoms with Crippen LogP contribution in [0.25, 0.3) is 0 Å². The van der Waals surface area contributed by atoms with Gasteiger partial charge in [-0.05, 0) is 43.9 Å². The number of nitrogens with zero attached hydrogens (tertiary/aromatic N) is 2. The van der Waals surface area contributed by atoms with Crippen LogP contribution >= 0.6 is 11.8 Å². The highest BCUT2D eigenvalue weighted by molar-refractivity contribution is 8.15. The molecule has 0 spiro atoms. The summed E-state index contributed by atoms with van der Waals surface area (Å²) in [6.45, 7) is 0. The summed E-state index contributed by atoms with van der Waals surface area (Å²) in [5, 5.41) is 1.41. The van der Waals surface area contributed by atoms with Gasteiger partial charge in [0.1, 0.15) is 16.8 Å². The summed E-state index contributed by atoms with van der Waals surface area (Å²) in [6.07, 6.45) is 0. The molecule has 1 aliphatic heterocycles. The normalized spacial score (nSPS) is 21.0. The van der Waals surface area contributed by atoms with Gasteiger partial charge in [-0.1, -0.05) is 42.1 Å². The molecule has 0 radical (unpaired) electrons. The zero-order valence-electron chi connectivity index (χ0n) is 13.1. The topological polar surface area (TPSA) is 24.8 Å². The number of benzene rings is 2. The fourth-order valence-electron chi connectivity index (χ4n) is 2.55. The van der Waals surface area contributed by atoms with Crippen LogP contribution < -0.4 is 4.74 Å². The highest BCUT2D eigenvalue weighted by atomic mass is 32.2. The standard InChI is InChI=1S/C18H20N2OS/c1-20(2)18-16(13-7-5-4-6-8-13)19-17(22-18)14-9-11-15(21-3)12-10-14/h4-12,16,18H,1-3H3/t16-,18+/m0/s1. The molecule has 0 amide bonds. The largest absolute Gasteiger partial charge is 0.497 e. The second kappa shape index (κ2) is 6.55. The summed E-state index contributed by atoms with van der Waals surface area (Å²) >= 11 is 1.82. The van der Waals surface area contributed by atoms with Crippen molar-refractivity contribution in [3.05, 3.63) is 65.7 Å². The minimum Gasteiger partial charge on any atom is -0.497 e. The van der Waals surface area contributed by atoms with Crippen molar-refractivity contribution in [2.45, 2.75) is 11.4 Å². The van der Waals surface area contributed by atoms with E-state index in [2.05, 4.69) is 55.4 Å². The number of ether oxygens (including phenoxy) is 1. The van der Waals surface area contributed by atoms with Gasteiger partial charge in [0, 0.05) is 5.56 Å². The van der Waals surface area contributed by atoms with Crippen LogP contribution in [0, 0.1) is 0 Å². The Morgan fingerprint density at radius 2 is 1.68 bits per heavy atom. The van der Waals surface area contributed by atoms with E-state index in [9.17, 15) is 0 Å². The van der Waals surface area contributed by atoms with Crippen molar-refractivity contribution in [3.8, 4) is 5.75 Å². The van der Waals surface area contributed by atoms with E-state index in [-0.39, 0.29) is 6.04 Å². The van der Waals surface area contributed by atoms with E-state index >= 15 is 0 Å². The average molecular weight is 312 g/mol. The average Bonchev–Trinajstić information content (AvgIpc) is 3.01. The van der Waals surface area contributed by atoms with Crippen LogP contribution in [0.3, 0.4) is 0 Å². The van der Waals surface area contributed by atoms with Crippen LogP contribution in [0.5, 0.6) is 5.75 Å². The number of hydrogen-bond acceptors (Lipinski definition) is 4. The number of thioether (sulfide) groups is 1. The van der Waals surface area contributed by atoms with Gasteiger partial charge in [-0.15, -0.1) is 0 Å². The van der Waals surface area contributed by atoms with Crippen molar-refractivity contribution in [1.29, 1.82) is 0 Å². The first-order valence-corrected chi connectivity index (χ1v) is 8.17. The quantitative estimate of drug-likeness (QED) is 0.858. The van der Waals surface area contributed by atoms with Gasteiger partial charge < -0.3 is 4.74 Å². The van der Waals surface area contributed by atoms with E-state index in [4.69, 9.17) is 9.73 Å². The fourth-order valence-corrected chi connectivity index (χ4v) is 3.79. The SMILES string of the molecule is COc1ccc(C2=N[C@@H](c3ccccc3)[C@H](N(C)C)S2)cc1. The van der Waals surface area contributed by atoms with Gasteiger partial charge in [-0.2, -0.15) is 0 Å². The minimum absolute atomic E-state index is 0.165. The number of methoxy groups -OCH3 is 1. The molecule has 4 heteroatoms. The molecule has 3 rings (SSSR count). The summed E-state index contributed by atoms with van der Waals surface area (Å²) in [4.78, 5) is 7.22. The first-order chi connectivity index (χ1) is 10.7. The molecule has 0 N–H and O–H groups in total. The van der Waals surface area contributed by atoms with Crippen molar-refractivity contribution in [2.24, 2.45) is 4.99 Å².